The van der Waals surface area contributed by atoms with E-state index in [9.17, 15) is 19.7 Å². The van der Waals surface area contributed by atoms with Crippen LogP contribution in [0.25, 0.3) is 0 Å². The lowest BCUT2D eigenvalue weighted by Gasteiger charge is -2.32. The van der Waals surface area contributed by atoms with Crippen LogP contribution in [0.15, 0.2) is 28.8 Å². The Hall–Kier alpha value is -3.43. The van der Waals surface area contributed by atoms with Gasteiger partial charge < -0.3 is 19.5 Å². The number of hydrogen-bond donors (Lipinski definition) is 1. The molecule has 1 aromatic heterocycles. The van der Waals surface area contributed by atoms with Crippen molar-refractivity contribution < 1.29 is 23.8 Å². The summed E-state index contributed by atoms with van der Waals surface area (Å²) in [6.45, 7) is 6.94. The SMILES string of the molecule is CCC(OC(=O)c1ccc(N2CCCC(C)C2)c([N+](=O)[O-])c1)C(=O)Nc1cc(C)on1. The van der Waals surface area contributed by atoms with Gasteiger partial charge in [-0.25, -0.2) is 4.79 Å². The molecule has 2 heterocycles. The molecule has 0 radical (unpaired) electrons. The summed E-state index contributed by atoms with van der Waals surface area (Å²) < 4.78 is 10.2. The molecule has 1 aromatic carbocycles. The van der Waals surface area contributed by atoms with Crippen LogP contribution < -0.4 is 10.2 Å². The van der Waals surface area contributed by atoms with Gasteiger partial charge in [0.05, 0.1) is 10.5 Å². The van der Waals surface area contributed by atoms with Crippen LogP contribution >= 0.6 is 0 Å². The maximum atomic E-state index is 12.6. The number of nitrogens with one attached hydrogen (secondary N) is 1. The van der Waals surface area contributed by atoms with E-state index in [2.05, 4.69) is 17.4 Å². The van der Waals surface area contributed by atoms with Crippen molar-refractivity contribution in [1.82, 2.24) is 5.16 Å². The van der Waals surface area contributed by atoms with Crippen molar-refractivity contribution in [1.29, 1.82) is 0 Å². The number of nitro groups is 1. The van der Waals surface area contributed by atoms with Crippen molar-refractivity contribution >= 4 is 29.1 Å². The van der Waals surface area contributed by atoms with Crippen LogP contribution in [0.5, 0.6) is 0 Å². The van der Waals surface area contributed by atoms with Gasteiger partial charge in [0.2, 0.25) is 0 Å². The summed E-state index contributed by atoms with van der Waals surface area (Å²) in [6, 6.07) is 5.82. The zero-order valence-electron chi connectivity index (χ0n) is 17.8. The molecule has 2 unspecified atom stereocenters. The highest BCUT2D eigenvalue weighted by Crippen LogP contribution is 2.32. The fraction of sp³-hybridized carbons (Fsp3) is 0.476. The molecular weight excluding hydrogens is 404 g/mol. The van der Waals surface area contributed by atoms with Crippen molar-refractivity contribution in [3.8, 4) is 0 Å². The number of hydrogen-bond acceptors (Lipinski definition) is 8. The summed E-state index contributed by atoms with van der Waals surface area (Å²) in [7, 11) is 0. The quantitative estimate of drug-likeness (QED) is 0.400. The molecule has 1 N–H and O–H groups in total. The highest BCUT2D eigenvalue weighted by Gasteiger charge is 2.27. The van der Waals surface area contributed by atoms with Crippen molar-refractivity contribution in [2.24, 2.45) is 5.92 Å². The van der Waals surface area contributed by atoms with Crippen LogP contribution in [0.3, 0.4) is 0 Å². The van der Waals surface area contributed by atoms with E-state index in [0.29, 0.717) is 17.4 Å². The van der Waals surface area contributed by atoms with Crippen LogP contribution in [-0.4, -0.2) is 41.1 Å². The number of amides is 1. The highest BCUT2D eigenvalue weighted by molar-refractivity contribution is 5.97. The van der Waals surface area contributed by atoms with Crippen LogP contribution in [0.2, 0.25) is 0 Å². The minimum Gasteiger partial charge on any atom is -0.449 e. The molecule has 10 nitrogen and oxygen atoms in total. The Kier molecular flexibility index (Phi) is 6.88. The summed E-state index contributed by atoms with van der Waals surface area (Å²) in [5.74, 6) is -0.184. The Balaban J connectivity index is 1.74. The first kappa shape index (κ1) is 22.3. The monoisotopic (exact) mass is 430 g/mol. The number of nitrogens with zero attached hydrogens (tertiary/aromatic N) is 3. The molecule has 1 saturated heterocycles. The molecule has 2 aromatic rings. The Morgan fingerprint density at radius 3 is 2.81 bits per heavy atom. The van der Waals surface area contributed by atoms with Gasteiger partial charge in [-0.15, -0.1) is 0 Å². The molecule has 0 aliphatic carbocycles. The van der Waals surface area contributed by atoms with Crippen molar-refractivity contribution in [3.63, 3.8) is 0 Å². The maximum Gasteiger partial charge on any atom is 0.339 e. The lowest BCUT2D eigenvalue weighted by Crippen LogP contribution is -2.34. The number of nitro benzene ring substituents is 1. The standard InChI is InChI=1S/C21H26N4O6/c1-4-18(20(26)22-19-10-14(3)31-23-19)30-21(27)15-7-8-16(17(11-15)25(28)29)24-9-5-6-13(2)12-24/h7-8,10-11,13,18H,4-6,9,12H2,1-3H3,(H,22,23,26). The predicted molar refractivity (Wildman–Crippen MR) is 113 cm³/mol. The second-order valence-corrected chi connectivity index (χ2v) is 7.77. The molecule has 10 heteroatoms. The van der Waals surface area contributed by atoms with E-state index in [1.807, 2.05) is 4.90 Å². The predicted octanol–water partition coefficient (Wildman–Crippen LogP) is 3.70. The lowest BCUT2D eigenvalue weighted by molar-refractivity contribution is -0.384. The number of carbonyl (C=O) groups is 2. The maximum absolute atomic E-state index is 12.6. The van der Waals surface area contributed by atoms with Crippen LogP contribution in [0.4, 0.5) is 17.2 Å². The average molecular weight is 430 g/mol. The van der Waals surface area contributed by atoms with E-state index in [1.165, 1.54) is 18.2 Å². The number of aromatic nitrogens is 1. The smallest absolute Gasteiger partial charge is 0.339 e. The highest BCUT2D eigenvalue weighted by atomic mass is 16.6. The first-order valence-electron chi connectivity index (χ1n) is 10.3. The molecule has 2 atom stereocenters. The van der Waals surface area contributed by atoms with Crippen LogP contribution in [-0.2, 0) is 9.53 Å². The van der Waals surface area contributed by atoms with Gasteiger partial charge in [0.1, 0.15) is 11.4 Å². The fourth-order valence-corrected chi connectivity index (χ4v) is 3.62. The third-order valence-corrected chi connectivity index (χ3v) is 5.20. The van der Waals surface area contributed by atoms with Gasteiger partial charge in [0.15, 0.2) is 11.9 Å². The number of ether oxygens (including phenoxy) is 1. The zero-order chi connectivity index (χ0) is 22.5. The second-order valence-electron chi connectivity index (χ2n) is 7.77. The normalized spacial score (nSPS) is 17.1. The third kappa shape index (κ3) is 5.39. The van der Waals surface area contributed by atoms with Gasteiger partial charge in [-0.2, -0.15) is 0 Å². The van der Waals surface area contributed by atoms with Gasteiger partial charge in [-0.1, -0.05) is 19.0 Å². The topological polar surface area (TPSA) is 128 Å². The Morgan fingerprint density at radius 2 is 2.19 bits per heavy atom. The van der Waals surface area contributed by atoms with Gasteiger partial charge in [-0.3, -0.25) is 14.9 Å². The molecule has 1 fully saturated rings. The van der Waals surface area contributed by atoms with Crippen LogP contribution in [0.1, 0.15) is 49.2 Å². The van der Waals surface area contributed by atoms with Gasteiger partial charge in [0, 0.05) is 25.2 Å². The first-order chi connectivity index (χ1) is 14.8. The van der Waals surface area contributed by atoms with E-state index in [1.54, 1.807) is 19.9 Å². The molecule has 3 rings (SSSR count). The van der Waals surface area contributed by atoms with E-state index in [-0.39, 0.29) is 23.5 Å². The Bertz CT molecular complexity index is 973. The van der Waals surface area contributed by atoms with E-state index >= 15 is 0 Å². The number of anilines is 2. The summed E-state index contributed by atoms with van der Waals surface area (Å²) in [4.78, 5) is 38.2. The number of aryl methyl sites for hydroxylation is 1. The van der Waals surface area contributed by atoms with Gasteiger partial charge >= 0.3 is 5.97 Å². The van der Waals surface area contributed by atoms with Crippen LogP contribution in [0, 0.1) is 23.0 Å². The summed E-state index contributed by atoms with van der Waals surface area (Å²) in [6.07, 6.45) is 1.19. The number of piperidine rings is 1. The van der Waals surface area contributed by atoms with Crippen molar-refractivity contribution in [3.05, 3.63) is 45.7 Å². The minimum absolute atomic E-state index is 0.0176. The Morgan fingerprint density at radius 1 is 1.42 bits per heavy atom. The molecule has 31 heavy (non-hydrogen) atoms. The molecule has 166 valence electrons. The van der Waals surface area contributed by atoms with Crippen molar-refractivity contribution in [2.45, 2.75) is 46.1 Å². The van der Waals surface area contributed by atoms with E-state index in [4.69, 9.17) is 9.26 Å². The molecule has 1 aliphatic heterocycles. The molecule has 0 saturated carbocycles. The van der Waals surface area contributed by atoms with E-state index < -0.39 is 22.9 Å². The fourth-order valence-electron chi connectivity index (χ4n) is 3.62. The number of benzene rings is 1. The first-order valence-corrected chi connectivity index (χ1v) is 10.3. The average Bonchev–Trinajstić information content (AvgIpc) is 3.15. The number of carbonyl (C=O) groups excluding carboxylic acids is 2. The summed E-state index contributed by atoms with van der Waals surface area (Å²) in [5, 5.41) is 17.9. The summed E-state index contributed by atoms with van der Waals surface area (Å²) in [5.41, 5.74) is 0.349. The van der Waals surface area contributed by atoms with E-state index in [0.717, 1.165) is 25.9 Å². The van der Waals surface area contributed by atoms with Gasteiger partial charge in [0.25, 0.3) is 11.6 Å². The minimum atomic E-state index is -1.08. The molecule has 0 bridgehead atoms. The summed E-state index contributed by atoms with van der Waals surface area (Å²) >= 11 is 0. The molecule has 1 amide bonds. The number of rotatable bonds is 7. The lowest BCUT2D eigenvalue weighted by atomic mass is 9.99. The zero-order valence-corrected chi connectivity index (χ0v) is 17.8. The van der Waals surface area contributed by atoms with Crippen molar-refractivity contribution in [2.75, 3.05) is 23.3 Å². The third-order valence-electron chi connectivity index (χ3n) is 5.20. The molecule has 1 aliphatic rings. The largest absolute Gasteiger partial charge is 0.449 e. The Labute approximate surface area is 179 Å². The number of esters is 1. The molecule has 0 spiro atoms. The second kappa shape index (κ2) is 9.59. The van der Waals surface area contributed by atoms with Gasteiger partial charge in [-0.05, 0) is 44.2 Å². The molecular formula is C21H26N4O6.